The molecule has 3 heterocycles. The van der Waals surface area contributed by atoms with Gasteiger partial charge in [0.05, 0.1) is 34.2 Å². The molecular weight excluding hydrogens is 356 g/mol. The number of nitrogens with zero attached hydrogens (tertiary/aromatic N) is 4. The fraction of sp³-hybridized carbons (Fsp3) is 0.529. The second-order valence-electron chi connectivity index (χ2n) is 6.89. The van der Waals surface area contributed by atoms with Crippen molar-refractivity contribution >= 4 is 26.8 Å². The van der Waals surface area contributed by atoms with Crippen LogP contribution in [0.3, 0.4) is 0 Å². The third-order valence-electron chi connectivity index (χ3n) is 4.89. The van der Waals surface area contributed by atoms with Gasteiger partial charge >= 0.3 is 5.97 Å². The lowest BCUT2D eigenvalue weighted by Crippen LogP contribution is -2.14. The fourth-order valence-corrected chi connectivity index (χ4v) is 5.17. The molecule has 1 unspecified atom stereocenters. The Morgan fingerprint density at radius 2 is 2.19 bits per heavy atom. The molecule has 26 heavy (non-hydrogen) atoms. The molecule has 1 aliphatic carbocycles. The molecule has 0 radical (unpaired) electrons. The Bertz CT molecular complexity index is 1050. The third kappa shape index (κ3) is 2.94. The minimum Gasteiger partial charge on any atom is -0.447 e. The van der Waals surface area contributed by atoms with Gasteiger partial charge in [0.25, 0.3) is 0 Å². The van der Waals surface area contributed by atoms with Crippen molar-refractivity contribution in [1.82, 2.24) is 14.8 Å². The van der Waals surface area contributed by atoms with Crippen molar-refractivity contribution in [2.45, 2.75) is 38.1 Å². The van der Waals surface area contributed by atoms with Crippen molar-refractivity contribution in [3.05, 3.63) is 23.0 Å². The summed E-state index contributed by atoms with van der Waals surface area (Å²) in [4.78, 5) is 17.2. The third-order valence-corrected chi connectivity index (χ3v) is 6.64. The van der Waals surface area contributed by atoms with E-state index in [1.807, 2.05) is 0 Å². The Hall–Kier alpha value is -2.47. The zero-order valence-electron chi connectivity index (χ0n) is 14.3. The summed E-state index contributed by atoms with van der Waals surface area (Å²) in [6, 6.07) is 3.24. The van der Waals surface area contributed by atoms with E-state index in [2.05, 4.69) is 5.10 Å². The topological polar surface area (TPSA) is 115 Å². The van der Waals surface area contributed by atoms with E-state index in [0.29, 0.717) is 34.6 Å². The van der Waals surface area contributed by atoms with Crippen LogP contribution in [0.5, 0.6) is 0 Å². The maximum atomic E-state index is 12.5. The number of fused-ring (bicyclic) bond motifs is 1. The monoisotopic (exact) mass is 374 g/mol. The minimum absolute atomic E-state index is 0.0345. The van der Waals surface area contributed by atoms with Crippen LogP contribution in [-0.2, 0) is 14.6 Å². The van der Waals surface area contributed by atoms with E-state index in [-0.39, 0.29) is 24.2 Å². The van der Waals surface area contributed by atoms with Crippen LogP contribution in [0.2, 0.25) is 0 Å². The van der Waals surface area contributed by atoms with Crippen LogP contribution < -0.4 is 0 Å². The number of hydrogen-bond donors (Lipinski definition) is 0. The van der Waals surface area contributed by atoms with Crippen molar-refractivity contribution in [3.8, 4) is 6.07 Å². The standard InChI is InChI=1S/C17H18N4O4S/c1-10-15-13(17(22)25-6-5-18)8-14(11-2-3-11)19-16(15)21(20-10)12-4-7-26(23,24)9-12/h8,11-12H,2-4,6-7,9H2,1H3. The number of hydrogen-bond acceptors (Lipinski definition) is 7. The van der Waals surface area contributed by atoms with Gasteiger partial charge in [-0.2, -0.15) is 10.4 Å². The first-order valence-corrected chi connectivity index (χ1v) is 10.4. The quantitative estimate of drug-likeness (QED) is 0.747. The zero-order chi connectivity index (χ0) is 18.5. The van der Waals surface area contributed by atoms with Gasteiger partial charge in [-0.1, -0.05) is 0 Å². The number of pyridine rings is 1. The average molecular weight is 374 g/mol. The number of nitriles is 1. The van der Waals surface area contributed by atoms with Gasteiger partial charge in [0.1, 0.15) is 6.07 Å². The highest BCUT2D eigenvalue weighted by Gasteiger charge is 2.34. The van der Waals surface area contributed by atoms with Crippen molar-refractivity contribution in [2.24, 2.45) is 0 Å². The van der Waals surface area contributed by atoms with Crippen LogP contribution >= 0.6 is 0 Å². The van der Waals surface area contributed by atoms with E-state index in [1.54, 1.807) is 23.7 Å². The van der Waals surface area contributed by atoms with Gasteiger partial charge in [-0.15, -0.1) is 0 Å². The second kappa shape index (κ2) is 6.06. The van der Waals surface area contributed by atoms with Crippen LogP contribution in [0.4, 0.5) is 0 Å². The molecule has 0 spiro atoms. The summed E-state index contributed by atoms with van der Waals surface area (Å²) in [7, 11) is -3.07. The predicted octanol–water partition coefficient (Wildman–Crippen LogP) is 1.66. The van der Waals surface area contributed by atoms with E-state index >= 15 is 0 Å². The molecule has 4 rings (SSSR count). The number of carbonyl (C=O) groups is 1. The zero-order valence-corrected chi connectivity index (χ0v) is 15.1. The molecule has 1 aliphatic heterocycles. The molecule has 1 atom stereocenters. The van der Waals surface area contributed by atoms with Crippen molar-refractivity contribution in [1.29, 1.82) is 5.26 Å². The van der Waals surface area contributed by atoms with Gasteiger partial charge in [-0.3, -0.25) is 0 Å². The molecule has 0 amide bonds. The SMILES string of the molecule is Cc1nn(C2CCS(=O)(=O)C2)c2nc(C3CC3)cc(C(=O)OCC#N)c12. The number of aromatic nitrogens is 3. The van der Waals surface area contributed by atoms with E-state index < -0.39 is 15.8 Å². The lowest BCUT2D eigenvalue weighted by atomic mass is 10.1. The smallest absolute Gasteiger partial charge is 0.340 e. The van der Waals surface area contributed by atoms with E-state index in [0.717, 1.165) is 18.5 Å². The van der Waals surface area contributed by atoms with Crippen LogP contribution in [0.1, 0.15) is 53.0 Å². The van der Waals surface area contributed by atoms with Gasteiger partial charge in [0.2, 0.25) is 0 Å². The first-order valence-electron chi connectivity index (χ1n) is 8.54. The number of rotatable bonds is 4. The van der Waals surface area contributed by atoms with Gasteiger partial charge in [0.15, 0.2) is 22.1 Å². The summed E-state index contributed by atoms with van der Waals surface area (Å²) in [6.45, 7) is 1.44. The summed E-state index contributed by atoms with van der Waals surface area (Å²) in [6.07, 6.45) is 2.51. The Balaban J connectivity index is 1.86. The van der Waals surface area contributed by atoms with Crippen LogP contribution in [-0.4, -0.2) is 47.3 Å². The average Bonchev–Trinajstić information content (AvgIpc) is 3.32. The van der Waals surface area contributed by atoms with Crippen molar-refractivity contribution < 1.29 is 17.9 Å². The lowest BCUT2D eigenvalue weighted by Gasteiger charge is -2.11. The van der Waals surface area contributed by atoms with E-state index in [4.69, 9.17) is 15.0 Å². The van der Waals surface area contributed by atoms with Gasteiger partial charge in [-0.05, 0) is 32.3 Å². The molecule has 136 valence electrons. The molecule has 2 fully saturated rings. The van der Waals surface area contributed by atoms with Crippen molar-refractivity contribution in [3.63, 3.8) is 0 Å². The summed E-state index contributed by atoms with van der Waals surface area (Å²) in [5.41, 5.74) is 2.26. The summed E-state index contributed by atoms with van der Waals surface area (Å²) < 4.78 is 30.4. The van der Waals surface area contributed by atoms with Crippen molar-refractivity contribution in [2.75, 3.05) is 18.1 Å². The first-order chi connectivity index (χ1) is 12.4. The fourth-order valence-electron chi connectivity index (χ4n) is 3.48. The van der Waals surface area contributed by atoms with Crippen LogP contribution in [0.25, 0.3) is 11.0 Å². The highest BCUT2D eigenvalue weighted by atomic mass is 32.2. The lowest BCUT2D eigenvalue weighted by molar-refractivity contribution is 0.0557. The molecule has 2 aliphatic rings. The first kappa shape index (κ1) is 17.0. The van der Waals surface area contributed by atoms with E-state index in [9.17, 15) is 13.2 Å². The summed E-state index contributed by atoms with van der Waals surface area (Å²) >= 11 is 0. The highest BCUT2D eigenvalue weighted by Crippen LogP contribution is 2.41. The maximum Gasteiger partial charge on any atom is 0.340 e. The van der Waals surface area contributed by atoms with Gasteiger partial charge < -0.3 is 4.74 Å². The molecule has 1 saturated carbocycles. The molecule has 2 aromatic heterocycles. The summed E-state index contributed by atoms with van der Waals surface area (Å²) in [5.74, 6) is -0.107. The van der Waals surface area contributed by atoms with Crippen LogP contribution in [0.15, 0.2) is 6.07 Å². The largest absolute Gasteiger partial charge is 0.447 e. The molecule has 2 aromatic rings. The van der Waals surface area contributed by atoms with Crippen LogP contribution in [0, 0.1) is 18.3 Å². The minimum atomic E-state index is -3.07. The number of aryl methyl sites for hydroxylation is 1. The molecule has 0 N–H and O–H groups in total. The Kier molecular flexibility index (Phi) is 3.95. The number of carbonyl (C=O) groups excluding carboxylic acids is 1. The molecular formula is C17H18N4O4S. The molecule has 0 aromatic carbocycles. The molecule has 0 bridgehead atoms. The Labute approximate surface area is 150 Å². The molecule has 9 heteroatoms. The Morgan fingerprint density at radius 3 is 2.81 bits per heavy atom. The number of ether oxygens (including phenoxy) is 1. The maximum absolute atomic E-state index is 12.5. The number of sulfone groups is 1. The van der Waals surface area contributed by atoms with E-state index in [1.165, 1.54) is 0 Å². The molecule has 1 saturated heterocycles. The second-order valence-corrected chi connectivity index (χ2v) is 9.12. The summed E-state index contributed by atoms with van der Waals surface area (Å²) in [5, 5.41) is 13.7. The number of esters is 1. The predicted molar refractivity (Wildman–Crippen MR) is 92.4 cm³/mol. The molecule has 8 nitrogen and oxygen atoms in total. The highest BCUT2D eigenvalue weighted by molar-refractivity contribution is 7.91. The van der Waals surface area contributed by atoms with Gasteiger partial charge in [0, 0.05) is 11.6 Å². The van der Waals surface area contributed by atoms with Gasteiger partial charge in [-0.25, -0.2) is 22.9 Å². The normalized spacial score (nSPS) is 21.6. The Morgan fingerprint density at radius 1 is 1.42 bits per heavy atom.